The van der Waals surface area contributed by atoms with E-state index in [0.717, 1.165) is 36.1 Å². The van der Waals surface area contributed by atoms with Gasteiger partial charge < -0.3 is 9.73 Å². The van der Waals surface area contributed by atoms with E-state index < -0.39 is 0 Å². The molecule has 1 N–H and O–H groups in total. The van der Waals surface area contributed by atoms with Crippen molar-refractivity contribution in [2.45, 2.75) is 19.4 Å². The molecule has 0 unspecified atom stereocenters. The summed E-state index contributed by atoms with van der Waals surface area (Å²) >= 11 is 0. The van der Waals surface area contributed by atoms with Gasteiger partial charge in [-0.1, -0.05) is 12.1 Å². The number of aromatic nitrogens is 5. The largest absolute Gasteiger partial charge is 0.419 e. The summed E-state index contributed by atoms with van der Waals surface area (Å²) in [4.78, 5) is 20.4. The van der Waals surface area contributed by atoms with E-state index in [-0.39, 0.29) is 5.76 Å². The van der Waals surface area contributed by atoms with E-state index in [1.54, 1.807) is 9.25 Å². The van der Waals surface area contributed by atoms with Crippen LogP contribution in [-0.4, -0.2) is 30.9 Å². The summed E-state index contributed by atoms with van der Waals surface area (Å²) in [6.45, 7) is 1.38. The molecule has 8 nitrogen and oxygen atoms in total. The zero-order valence-corrected chi connectivity index (χ0v) is 13.8. The second-order valence-corrected chi connectivity index (χ2v) is 5.88. The first-order valence-electron chi connectivity index (χ1n) is 8.19. The summed E-state index contributed by atoms with van der Waals surface area (Å²) in [5.41, 5.74) is 2.15. The molecule has 3 heterocycles. The van der Waals surface area contributed by atoms with Crippen molar-refractivity contribution in [2.24, 2.45) is 7.05 Å². The van der Waals surface area contributed by atoms with E-state index >= 15 is 0 Å². The van der Waals surface area contributed by atoms with Gasteiger partial charge >= 0.3 is 5.76 Å². The first kappa shape index (κ1) is 15.4. The molecular weight excluding hydrogens is 320 g/mol. The van der Waals surface area contributed by atoms with Crippen molar-refractivity contribution in [1.29, 1.82) is 0 Å². The van der Waals surface area contributed by atoms with Crippen molar-refractivity contribution >= 4 is 28.0 Å². The summed E-state index contributed by atoms with van der Waals surface area (Å²) in [5.74, 6) is 0.478. The van der Waals surface area contributed by atoms with Crippen molar-refractivity contribution in [1.82, 2.24) is 24.3 Å². The van der Waals surface area contributed by atoms with Gasteiger partial charge in [0.1, 0.15) is 12.1 Å². The Morgan fingerprint density at radius 1 is 1.20 bits per heavy atom. The zero-order valence-electron chi connectivity index (χ0n) is 13.8. The standard InChI is InChI=1S/C17H18N6O2/c1-22-10-12-15(19-11-20-16(12)21-22)18-8-4-5-9-23-13-6-2-3-7-14(13)25-17(23)24/h2-3,6-7,10-11H,4-5,8-9H2,1H3,(H,18,19,20,21). The van der Waals surface area contributed by atoms with Crippen LogP contribution in [0.1, 0.15) is 12.8 Å². The van der Waals surface area contributed by atoms with Gasteiger partial charge in [-0.25, -0.2) is 14.8 Å². The van der Waals surface area contributed by atoms with Crippen molar-refractivity contribution in [3.63, 3.8) is 0 Å². The first-order valence-corrected chi connectivity index (χ1v) is 8.19. The van der Waals surface area contributed by atoms with Gasteiger partial charge in [0.05, 0.1) is 10.9 Å². The molecule has 4 rings (SSSR count). The Hall–Kier alpha value is -3.16. The molecule has 0 radical (unpaired) electrons. The number of oxazole rings is 1. The predicted molar refractivity (Wildman–Crippen MR) is 94.5 cm³/mol. The van der Waals surface area contributed by atoms with Gasteiger partial charge in [-0.3, -0.25) is 9.25 Å². The van der Waals surface area contributed by atoms with E-state index in [2.05, 4.69) is 20.4 Å². The van der Waals surface area contributed by atoms with Gasteiger partial charge in [-0.05, 0) is 25.0 Å². The Balaban J connectivity index is 1.36. The van der Waals surface area contributed by atoms with Crippen LogP contribution >= 0.6 is 0 Å². The highest BCUT2D eigenvalue weighted by Crippen LogP contribution is 2.17. The number of unbranched alkanes of at least 4 members (excludes halogenated alkanes) is 1. The average molecular weight is 338 g/mol. The van der Waals surface area contributed by atoms with E-state index in [1.807, 2.05) is 37.5 Å². The lowest BCUT2D eigenvalue weighted by molar-refractivity contribution is 0.494. The monoisotopic (exact) mass is 338 g/mol. The number of nitrogens with one attached hydrogen (secondary N) is 1. The fraction of sp³-hybridized carbons (Fsp3) is 0.294. The Labute approximate surface area is 143 Å². The van der Waals surface area contributed by atoms with Gasteiger partial charge in [0.25, 0.3) is 0 Å². The minimum absolute atomic E-state index is 0.304. The SMILES string of the molecule is Cn1cc2c(NCCCCn3c(=O)oc4ccccc43)ncnc2n1. The van der Waals surface area contributed by atoms with Gasteiger partial charge in [0.2, 0.25) is 0 Å². The van der Waals surface area contributed by atoms with E-state index in [0.29, 0.717) is 17.8 Å². The molecule has 0 saturated carbocycles. The highest BCUT2D eigenvalue weighted by molar-refractivity contribution is 5.85. The number of benzene rings is 1. The van der Waals surface area contributed by atoms with Crippen LogP contribution in [-0.2, 0) is 13.6 Å². The molecule has 0 amide bonds. The molecule has 128 valence electrons. The summed E-state index contributed by atoms with van der Waals surface area (Å²) in [6, 6.07) is 7.48. The summed E-state index contributed by atoms with van der Waals surface area (Å²) in [7, 11) is 1.86. The van der Waals surface area contributed by atoms with Gasteiger partial charge in [-0.2, -0.15) is 5.10 Å². The molecule has 0 saturated heterocycles. The highest BCUT2D eigenvalue weighted by Gasteiger charge is 2.08. The molecule has 4 aromatic rings. The third kappa shape index (κ3) is 2.98. The third-order valence-corrected chi connectivity index (χ3v) is 4.11. The second kappa shape index (κ2) is 6.39. The lowest BCUT2D eigenvalue weighted by atomic mass is 10.3. The predicted octanol–water partition coefficient (Wildman–Crippen LogP) is 2.16. The normalized spacial score (nSPS) is 11.4. The molecule has 1 aromatic carbocycles. The first-order chi connectivity index (χ1) is 12.2. The number of nitrogens with zero attached hydrogens (tertiary/aromatic N) is 5. The maximum Gasteiger partial charge on any atom is 0.419 e. The third-order valence-electron chi connectivity index (χ3n) is 4.11. The average Bonchev–Trinajstić information content (AvgIpc) is 3.14. The fourth-order valence-electron chi connectivity index (χ4n) is 2.92. The molecule has 25 heavy (non-hydrogen) atoms. The molecule has 0 bridgehead atoms. The number of para-hydroxylation sites is 2. The second-order valence-electron chi connectivity index (χ2n) is 5.88. The molecule has 0 aliphatic heterocycles. The number of fused-ring (bicyclic) bond motifs is 2. The molecule has 0 atom stereocenters. The zero-order chi connectivity index (χ0) is 17.2. The minimum atomic E-state index is -0.304. The van der Waals surface area contributed by atoms with E-state index in [1.165, 1.54) is 6.33 Å². The van der Waals surface area contributed by atoms with Crippen molar-refractivity contribution < 1.29 is 4.42 Å². The van der Waals surface area contributed by atoms with Gasteiger partial charge in [0, 0.05) is 26.3 Å². The van der Waals surface area contributed by atoms with Crippen LogP contribution in [0.2, 0.25) is 0 Å². The minimum Gasteiger partial charge on any atom is -0.408 e. The molecule has 0 aliphatic rings. The number of hydrogen-bond acceptors (Lipinski definition) is 6. The van der Waals surface area contributed by atoms with Gasteiger partial charge in [-0.15, -0.1) is 0 Å². The van der Waals surface area contributed by atoms with Crippen LogP contribution in [0.4, 0.5) is 5.82 Å². The van der Waals surface area contributed by atoms with E-state index in [9.17, 15) is 4.79 Å². The number of anilines is 1. The van der Waals surface area contributed by atoms with Gasteiger partial charge in [0.15, 0.2) is 11.2 Å². The number of aryl methyl sites for hydroxylation is 2. The Kier molecular flexibility index (Phi) is 3.93. The number of hydrogen-bond donors (Lipinski definition) is 1. The van der Waals surface area contributed by atoms with Crippen LogP contribution in [0.25, 0.3) is 22.1 Å². The maximum absolute atomic E-state index is 11.9. The Morgan fingerprint density at radius 3 is 3.00 bits per heavy atom. The summed E-state index contributed by atoms with van der Waals surface area (Å²) < 4.78 is 8.64. The molecule has 8 heteroatoms. The Bertz CT molecular complexity index is 1080. The van der Waals surface area contributed by atoms with Crippen LogP contribution in [0.3, 0.4) is 0 Å². The van der Waals surface area contributed by atoms with E-state index in [4.69, 9.17) is 4.42 Å². The lowest BCUT2D eigenvalue weighted by Gasteiger charge is -2.06. The molecule has 0 fully saturated rings. The number of rotatable bonds is 6. The Morgan fingerprint density at radius 2 is 2.08 bits per heavy atom. The van der Waals surface area contributed by atoms with Crippen LogP contribution < -0.4 is 11.1 Å². The van der Waals surface area contributed by atoms with Crippen LogP contribution in [0.15, 0.2) is 46.0 Å². The van der Waals surface area contributed by atoms with Crippen LogP contribution in [0.5, 0.6) is 0 Å². The highest BCUT2D eigenvalue weighted by atomic mass is 16.4. The maximum atomic E-state index is 11.9. The van der Waals surface area contributed by atoms with Crippen molar-refractivity contribution in [3.8, 4) is 0 Å². The molecular formula is C17H18N6O2. The topological polar surface area (TPSA) is 90.8 Å². The summed E-state index contributed by atoms with van der Waals surface area (Å²) in [6.07, 6.45) is 5.17. The quantitative estimate of drug-likeness (QED) is 0.542. The molecule has 0 spiro atoms. The molecule has 3 aromatic heterocycles. The van der Waals surface area contributed by atoms with Crippen LogP contribution in [0, 0.1) is 0 Å². The fourth-order valence-corrected chi connectivity index (χ4v) is 2.92. The van der Waals surface area contributed by atoms with Crippen molar-refractivity contribution in [3.05, 3.63) is 47.3 Å². The molecule has 0 aliphatic carbocycles. The smallest absolute Gasteiger partial charge is 0.408 e. The van der Waals surface area contributed by atoms with Crippen molar-refractivity contribution in [2.75, 3.05) is 11.9 Å². The lowest BCUT2D eigenvalue weighted by Crippen LogP contribution is -2.15. The summed E-state index contributed by atoms with van der Waals surface area (Å²) in [5, 5.41) is 8.49.